The fourth-order valence-corrected chi connectivity index (χ4v) is 4.20. The largest absolute Gasteiger partial charge is 0.360 e. The van der Waals surface area contributed by atoms with E-state index in [1.165, 1.54) is 24.0 Å². The summed E-state index contributed by atoms with van der Waals surface area (Å²) in [6.07, 6.45) is 8.93. The number of allylic oxidation sites excluding steroid dienone is 5. The van der Waals surface area contributed by atoms with Gasteiger partial charge in [-0.3, -0.25) is 5.41 Å². The monoisotopic (exact) mass is 386 g/mol. The van der Waals surface area contributed by atoms with Crippen LogP contribution in [-0.2, 0) is 0 Å². The Balaban J connectivity index is 2.63. The number of rotatable bonds is 9. The van der Waals surface area contributed by atoms with Gasteiger partial charge in [-0.1, -0.05) is 63.5 Å². The Morgan fingerprint density at radius 3 is 2.11 bits per heavy atom. The minimum absolute atomic E-state index is 0.299. The molecule has 2 heteroatoms. The second-order valence-electron chi connectivity index (χ2n) is 9.71. The molecule has 1 heterocycles. The van der Waals surface area contributed by atoms with Crippen molar-refractivity contribution in [3.05, 3.63) is 35.5 Å². The third kappa shape index (κ3) is 7.26. The van der Waals surface area contributed by atoms with Crippen molar-refractivity contribution in [1.82, 2.24) is 4.90 Å². The Labute approximate surface area is 175 Å². The van der Waals surface area contributed by atoms with Crippen molar-refractivity contribution in [1.29, 1.82) is 5.41 Å². The number of nitrogens with one attached hydrogen (secondary N) is 1. The highest BCUT2D eigenvalue weighted by Crippen LogP contribution is 2.31. The van der Waals surface area contributed by atoms with E-state index < -0.39 is 0 Å². The molecule has 3 unspecified atom stereocenters. The van der Waals surface area contributed by atoms with Crippen LogP contribution >= 0.6 is 0 Å². The van der Waals surface area contributed by atoms with E-state index in [1.807, 2.05) is 6.08 Å². The number of likely N-dealkylation sites (tertiary alicyclic amines) is 1. The second-order valence-corrected chi connectivity index (χ2v) is 9.71. The van der Waals surface area contributed by atoms with Crippen LogP contribution in [0, 0.1) is 35.0 Å². The van der Waals surface area contributed by atoms with Crippen molar-refractivity contribution in [2.45, 2.75) is 81.1 Å². The van der Waals surface area contributed by atoms with Crippen LogP contribution in [-0.4, -0.2) is 23.8 Å². The zero-order valence-corrected chi connectivity index (χ0v) is 19.9. The number of hydrogen-bond donors (Lipinski definition) is 1. The van der Waals surface area contributed by atoms with E-state index in [4.69, 9.17) is 5.41 Å². The van der Waals surface area contributed by atoms with Gasteiger partial charge in [-0.15, -0.1) is 6.58 Å². The summed E-state index contributed by atoms with van der Waals surface area (Å²) in [6, 6.07) is 0. The molecule has 2 nitrogen and oxygen atoms in total. The van der Waals surface area contributed by atoms with Crippen LogP contribution in [0.4, 0.5) is 0 Å². The lowest BCUT2D eigenvalue weighted by Crippen LogP contribution is -2.41. The third-order valence-corrected chi connectivity index (χ3v) is 6.88. The van der Waals surface area contributed by atoms with Gasteiger partial charge < -0.3 is 4.90 Å². The average Bonchev–Trinajstić information content (AvgIpc) is 2.68. The maximum Gasteiger partial charge on any atom is 0.0989 e. The lowest BCUT2D eigenvalue weighted by atomic mass is 9.82. The smallest absolute Gasteiger partial charge is 0.0989 e. The minimum atomic E-state index is 0.299. The normalized spacial score (nSPS) is 19.3. The predicted molar refractivity (Wildman–Crippen MR) is 126 cm³/mol. The van der Waals surface area contributed by atoms with Crippen LogP contribution in [0.15, 0.2) is 35.5 Å². The first-order valence-electron chi connectivity index (χ1n) is 11.4. The molecule has 0 spiro atoms. The van der Waals surface area contributed by atoms with Crippen molar-refractivity contribution in [2.24, 2.45) is 29.6 Å². The molecule has 0 amide bonds. The summed E-state index contributed by atoms with van der Waals surface area (Å²) in [5.74, 6) is 3.63. The van der Waals surface area contributed by atoms with Crippen LogP contribution in [0.3, 0.4) is 0 Å². The predicted octanol–water partition coefficient (Wildman–Crippen LogP) is 7.49. The van der Waals surface area contributed by atoms with Gasteiger partial charge in [0.1, 0.15) is 0 Å². The SMILES string of the molecule is C=CC(C)CC=C(C)C1CCN(C(=N)C(C)CC(=C(C)C)C(C)C(C)C)CC1. The minimum Gasteiger partial charge on any atom is -0.360 e. The summed E-state index contributed by atoms with van der Waals surface area (Å²) in [6.45, 7) is 24.1. The van der Waals surface area contributed by atoms with E-state index in [0.29, 0.717) is 29.6 Å². The van der Waals surface area contributed by atoms with Crippen molar-refractivity contribution < 1.29 is 0 Å². The number of piperidine rings is 1. The molecule has 0 aliphatic carbocycles. The zero-order chi connectivity index (χ0) is 21.4. The number of hydrogen-bond acceptors (Lipinski definition) is 1. The molecule has 1 rings (SSSR count). The molecule has 0 aromatic heterocycles. The van der Waals surface area contributed by atoms with Gasteiger partial charge in [-0.05, 0) is 70.1 Å². The molecule has 0 saturated carbocycles. The van der Waals surface area contributed by atoms with E-state index in [9.17, 15) is 0 Å². The van der Waals surface area contributed by atoms with E-state index in [1.54, 1.807) is 5.57 Å². The molecule has 160 valence electrons. The van der Waals surface area contributed by atoms with Crippen molar-refractivity contribution in [3.8, 4) is 0 Å². The quantitative estimate of drug-likeness (QED) is 0.248. The first-order valence-corrected chi connectivity index (χ1v) is 11.4. The van der Waals surface area contributed by atoms with Gasteiger partial charge >= 0.3 is 0 Å². The Kier molecular flexibility index (Phi) is 10.3. The van der Waals surface area contributed by atoms with Crippen molar-refractivity contribution in [3.63, 3.8) is 0 Å². The van der Waals surface area contributed by atoms with Gasteiger partial charge in [-0.25, -0.2) is 0 Å². The molecule has 1 N–H and O–H groups in total. The van der Waals surface area contributed by atoms with Crippen LogP contribution < -0.4 is 0 Å². The van der Waals surface area contributed by atoms with Crippen LogP contribution in [0.2, 0.25) is 0 Å². The molecule has 1 aliphatic heterocycles. The van der Waals surface area contributed by atoms with E-state index in [0.717, 1.165) is 31.8 Å². The van der Waals surface area contributed by atoms with Crippen LogP contribution in [0.25, 0.3) is 0 Å². The molecule has 1 fully saturated rings. The molecular weight excluding hydrogens is 340 g/mol. The zero-order valence-electron chi connectivity index (χ0n) is 19.9. The van der Waals surface area contributed by atoms with E-state index >= 15 is 0 Å². The summed E-state index contributed by atoms with van der Waals surface area (Å²) in [4.78, 5) is 2.34. The van der Waals surface area contributed by atoms with Crippen LogP contribution in [0.1, 0.15) is 81.1 Å². The molecule has 0 aromatic carbocycles. The second kappa shape index (κ2) is 11.6. The summed E-state index contributed by atoms with van der Waals surface area (Å²) in [5.41, 5.74) is 4.52. The van der Waals surface area contributed by atoms with Gasteiger partial charge in [0.05, 0.1) is 5.84 Å². The number of nitrogens with zero attached hydrogens (tertiary/aromatic N) is 1. The molecule has 0 bridgehead atoms. The highest BCUT2D eigenvalue weighted by Gasteiger charge is 2.26. The summed E-state index contributed by atoms with van der Waals surface area (Å²) < 4.78 is 0. The first kappa shape index (κ1) is 24.7. The first-order chi connectivity index (χ1) is 13.1. The van der Waals surface area contributed by atoms with E-state index in [-0.39, 0.29) is 0 Å². The Morgan fingerprint density at radius 1 is 1.07 bits per heavy atom. The van der Waals surface area contributed by atoms with Gasteiger partial charge in [0.25, 0.3) is 0 Å². The molecule has 1 aliphatic rings. The number of amidine groups is 1. The summed E-state index contributed by atoms with van der Waals surface area (Å²) >= 11 is 0. The molecule has 1 saturated heterocycles. The molecule has 0 aromatic rings. The Bertz CT molecular complexity index is 569. The fourth-order valence-electron chi connectivity index (χ4n) is 4.20. The molecule has 28 heavy (non-hydrogen) atoms. The average molecular weight is 387 g/mol. The van der Waals surface area contributed by atoms with Gasteiger partial charge in [0.15, 0.2) is 0 Å². The maximum atomic E-state index is 8.78. The molecule has 3 atom stereocenters. The standard InChI is InChI=1S/C26H46N2/c1-10-20(6)11-12-21(7)24-13-15-28(16-14-24)26(27)22(8)17-25(19(4)5)23(9)18(2)3/h10,12,18,20,22-24,27H,1,11,13-17H2,2-9H3. The topological polar surface area (TPSA) is 27.1 Å². The Hall–Kier alpha value is -1.31. The van der Waals surface area contributed by atoms with Gasteiger partial charge in [0.2, 0.25) is 0 Å². The molecular formula is C26H46N2. The lowest BCUT2D eigenvalue weighted by molar-refractivity contribution is 0.277. The highest BCUT2D eigenvalue weighted by molar-refractivity contribution is 5.81. The van der Waals surface area contributed by atoms with Crippen molar-refractivity contribution >= 4 is 5.84 Å². The van der Waals surface area contributed by atoms with E-state index in [2.05, 4.69) is 72.9 Å². The highest BCUT2D eigenvalue weighted by atomic mass is 15.2. The summed E-state index contributed by atoms with van der Waals surface area (Å²) in [5, 5.41) is 8.78. The summed E-state index contributed by atoms with van der Waals surface area (Å²) in [7, 11) is 0. The van der Waals surface area contributed by atoms with Crippen molar-refractivity contribution in [2.75, 3.05) is 13.1 Å². The van der Waals surface area contributed by atoms with Crippen LogP contribution in [0.5, 0.6) is 0 Å². The Morgan fingerprint density at radius 2 is 1.64 bits per heavy atom. The van der Waals surface area contributed by atoms with Gasteiger partial charge in [-0.2, -0.15) is 0 Å². The maximum absolute atomic E-state index is 8.78. The fraction of sp³-hybridized carbons (Fsp3) is 0.731. The third-order valence-electron chi connectivity index (χ3n) is 6.88. The molecule has 0 radical (unpaired) electrons. The lowest BCUT2D eigenvalue weighted by Gasteiger charge is -2.36. The van der Waals surface area contributed by atoms with Gasteiger partial charge in [0, 0.05) is 19.0 Å².